The topological polar surface area (TPSA) is 63.9 Å². The molecular formula is C10H21NO3. The van der Waals surface area contributed by atoms with Gasteiger partial charge in [0, 0.05) is 19.1 Å². The highest BCUT2D eigenvalue weighted by Crippen LogP contribution is 2.22. The molecule has 0 bridgehead atoms. The van der Waals surface area contributed by atoms with Crippen LogP contribution in [0.3, 0.4) is 0 Å². The Hall–Kier alpha value is -0.160. The van der Waals surface area contributed by atoms with Gasteiger partial charge in [-0.2, -0.15) is 0 Å². The van der Waals surface area contributed by atoms with Gasteiger partial charge in [-0.25, -0.2) is 0 Å². The molecule has 84 valence electrons. The van der Waals surface area contributed by atoms with Gasteiger partial charge in [0.1, 0.15) is 0 Å². The van der Waals surface area contributed by atoms with Gasteiger partial charge in [-0.05, 0) is 12.8 Å². The van der Waals surface area contributed by atoms with E-state index in [2.05, 4.69) is 0 Å². The standard InChI is InChI=1S/C10H21NO3/c12-7-5-11(6-8-13)9-3-1-2-4-10(9)14/h9-10,12-14H,1-8H2. The molecule has 1 rings (SSSR count). The van der Waals surface area contributed by atoms with E-state index in [-0.39, 0.29) is 25.4 Å². The molecule has 0 aromatic carbocycles. The lowest BCUT2D eigenvalue weighted by Gasteiger charge is -2.37. The highest BCUT2D eigenvalue weighted by atomic mass is 16.3. The van der Waals surface area contributed by atoms with Crippen molar-refractivity contribution in [2.45, 2.75) is 37.8 Å². The molecule has 0 heterocycles. The predicted molar refractivity (Wildman–Crippen MR) is 54.0 cm³/mol. The molecule has 3 N–H and O–H groups in total. The molecule has 14 heavy (non-hydrogen) atoms. The minimum atomic E-state index is -0.290. The van der Waals surface area contributed by atoms with E-state index >= 15 is 0 Å². The second-order valence-corrected chi connectivity index (χ2v) is 3.90. The molecule has 1 aliphatic carbocycles. The summed E-state index contributed by atoms with van der Waals surface area (Å²) < 4.78 is 0. The first kappa shape index (κ1) is 11.9. The third-order valence-electron chi connectivity index (χ3n) is 2.94. The van der Waals surface area contributed by atoms with E-state index in [1.54, 1.807) is 0 Å². The molecule has 0 spiro atoms. The Morgan fingerprint density at radius 3 is 2.07 bits per heavy atom. The molecule has 0 amide bonds. The van der Waals surface area contributed by atoms with Crippen molar-refractivity contribution in [3.05, 3.63) is 0 Å². The molecule has 2 atom stereocenters. The maximum Gasteiger partial charge on any atom is 0.0695 e. The number of rotatable bonds is 5. The van der Waals surface area contributed by atoms with Crippen LogP contribution in [-0.4, -0.2) is 58.7 Å². The summed E-state index contributed by atoms with van der Waals surface area (Å²) >= 11 is 0. The van der Waals surface area contributed by atoms with Crippen molar-refractivity contribution in [3.8, 4) is 0 Å². The van der Waals surface area contributed by atoms with Crippen molar-refractivity contribution in [1.29, 1.82) is 0 Å². The van der Waals surface area contributed by atoms with Crippen molar-refractivity contribution < 1.29 is 15.3 Å². The first-order valence-corrected chi connectivity index (χ1v) is 5.43. The first-order valence-electron chi connectivity index (χ1n) is 5.43. The van der Waals surface area contributed by atoms with Crippen LogP contribution in [-0.2, 0) is 0 Å². The summed E-state index contributed by atoms with van der Waals surface area (Å²) in [5.74, 6) is 0. The van der Waals surface area contributed by atoms with Gasteiger partial charge in [0.2, 0.25) is 0 Å². The Bertz CT molecular complexity index is 148. The van der Waals surface area contributed by atoms with Gasteiger partial charge in [-0.15, -0.1) is 0 Å². The third kappa shape index (κ3) is 3.20. The van der Waals surface area contributed by atoms with Crippen LogP contribution in [0.5, 0.6) is 0 Å². The van der Waals surface area contributed by atoms with E-state index in [9.17, 15) is 5.11 Å². The zero-order valence-corrected chi connectivity index (χ0v) is 8.60. The molecule has 1 fully saturated rings. The summed E-state index contributed by atoms with van der Waals surface area (Å²) in [6.45, 7) is 1.26. The van der Waals surface area contributed by atoms with E-state index in [0.29, 0.717) is 13.1 Å². The summed E-state index contributed by atoms with van der Waals surface area (Å²) in [6, 6.07) is 0.128. The fourth-order valence-electron chi connectivity index (χ4n) is 2.22. The Morgan fingerprint density at radius 2 is 1.57 bits per heavy atom. The fraction of sp³-hybridized carbons (Fsp3) is 1.00. The average Bonchev–Trinajstić information content (AvgIpc) is 2.18. The second kappa shape index (κ2) is 6.35. The zero-order valence-electron chi connectivity index (χ0n) is 8.60. The highest BCUT2D eigenvalue weighted by molar-refractivity contribution is 4.82. The minimum Gasteiger partial charge on any atom is -0.395 e. The molecular weight excluding hydrogens is 182 g/mol. The summed E-state index contributed by atoms with van der Waals surface area (Å²) in [5, 5.41) is 27.5. The van der Waals surface area contributed by atoms with Crippen LogP contribution < -0.4 is 0 Å². The predicted octanol–water partition coefficient (Wildman–Crippen LogP) is -0.424. The molecule has 4 nitrogen and oxygen atoms in total. The lowest BCUT2D eigenvalue weighted by atomic mass is 9.91. The van der Waals surface area contributed by atoms with Crippen LogP contribution in [0, 0.1) is 0 Å². The fourth-order valence-corrected chi connectivity index (χ4v) is 2.22. The minimum absolute atomic E-state index is 0.0865. The van der Waals surface area contributed by atoms with Crippen molar-refractivity contribution in [2.75, 3.05) is 26.3 Å². The summed E-state index contributed by atoms with van der Waals surface area (Å²) in [5.41, 5.74) is 0. The smallest absolute Gasteiger partial charge is 0.0695 e. The molecule has 0 radical (unpaired) electrons. The zero-order chi connectivity index (χ0) is 10.4. The van der Waals surface area contributed by atoms with Gasteiger partial charge >= 0.3 is 0 Å². The highest BCUT2D eigenvalue weighted by Gasteiger charge is 2.27. The van der Waals surface area contributed by atoms with Crippen molar-refractivity contribution >= 4 is 0 Å². The van der Waals surface area contributed by atoms with E-state index in [0.717, 1.165) is 25.7 Å². The summed E-state index contributed by atoms with van der Waals surface area (Å²) in [4.78, 5) is 1.99. The number of hydrogen-bond acceptors (Lipinski definition) is 4. The average molecular weight is 203 g/mol. The second-order valence-electron chi connectivity index (χ2n) is 3.90. The van der Waals surface area contributed by atoms with Crippen LogP contribution in [0.2, 0.25) is 0 Å². The Balaban J connectivity index is 2.46. The van der Waals surface area contributed by atoms with Crippen LogP contribution in [0.15, 0.2) is 0 Å². The van der Waals surface area contributed by atoms with Gasteiger partial charge < -0.3 is 15.3 Å². The van der Waals surface area contributed by atoms with E-state index in [1.807, 2.05) is 4.90 Å². The van der Waals surface area contributed by atoms with Gasteiger partial charge in [0.25, 0.3) is 0 Å². The maximum absolute atomic E-state index is 9.79. The third-order valence-corrected chi connectivity index (χ3v) is 2.94. The monoisotopic (exact) mass is 203 g/mol. The molecule has 4 heteroatoms. The Kier molecular flexibility index (Phi) is 5.40. The Morgan fingerprint density at radius 1 is 1.00 bits per heavy atom. The van der Waals surface area contributed by atoms with Crippen LogP contribution in [0.4, 0.5) is 0 Å². The number of nitrogens with zero attached hydrogens (tertiary/aromatic N) is 1. The van der Waals surface area contributed by atoms with E-state index in [4.69, 9.17) is 10.2 Å². The SMILES string of the molecule is OCCN(CCO)C1CCCCC1O. The first-order chi connectivity index (χ1) is 6.79. The lowest BCUT2D eigenvalue weighted by Crippen LogP contribution is -2.47. The maximum atomic E-state index is 9.79. The molecule has 0 aromatic rings. The molecule has 1 aliphatic rings. The molecule has 0 saturated heterocycles. The van der Waals surface area contributed by atoms with Gasteiger partial charge in [0.05, 0.1) is 19.3 Å². The van der Waals surface area contributed by atoms with E-state index < -0.39 is 0 Å². The van der Waals surface area contributed by atoms with Gasteiger partial charge in [-0.3, -0.25) is 4.90 Å². The number of aliphatic hydroxyl groups is 3. The van der Waals surface area contributed by atoms with Gasteiger partial charge in [-0.1, -0.05) is 12.8 Å². The summed E-state index contributed by atoms with van der Waals surface area (Å²) in [6.07, 6.45) is 3.75. The molecule has 2 unspecified atom stereocenters. The van der Waals surface area contributed by atoms with Crippen molar-refractivity contribution in [2.24, 2.45) is 0 Å². The largest absolute Gasteiger partial charge is 0.395 e. The lowest BCUT2D eigenvalue weighted by molar-refractivity contribution is 0.00597. The van der Waals surface area contributed by atoms with E-state index in [1.165, 1.54) is 0 Å². The molecule has 1 saturated carbocycles. The van der Waals surface area contributed by atoms with Crippen molar-refractivity contribution in [3.63, 3.8) is 0 Å². The molecule has 0 aromatic heterocycles. The van der Waals surface area contributed by atoms with Crippen LogP contribution in [0.1, 0.15) is 25.7 Å². The number of aliphatic hydroxyl groups excluding tert-OH is 3. The Labute approximate surface area is 85.2 Å². The van der Waals surface area contributed by atoms with Crippen LogP contribution in [0.25, 0.3) is 0 Å². The van der Waals surface area contributed by atoms with Crippen LogP contribution >= 0.6 is 0 Å². The van der Waals surface area contributed by atoms with Crippen molar-refractivity contribution in [1.82, 2.24) is 4.90 Å². The molecule has 0 aliphatic heterocycles. The normalized spacial score (nSPS) is 28.3. The summed E-state index contributed by atoms with van der Waals surface area (Å²) in [7, 11) is 0. The number of hydrogen-bond donors (Lipinski definition) is 3. The van der Waals surface area contributed by atoms with Gasteiger partial charge in [0.15, 0.2) is 0 Å². The quantitative estimate of drug-likeness (QED) is 0.568.